The number of Topliss-reactive ketones (excluding diaryl/α,β-unsaturated/α-hetero) is 1. The van der Waals surface area contributed by atoms with Gasteiger partial charge in [-0.2, -0.15) is 0 Å². The number of hydrogen-bond acceptors (Lipinski definition) is 1. The van der Waals surface area contributed by atoms with Crippen molar-refractivity contribution >= 4 is 22.4 Å². The van der Waals surface area contributed by atoms with E-state index in [1.165, 1.54) is 6.92 Å². The van der Waals surface area contributed by atoms with Crippen LogP contribution in [0.5, 0.6) is 0 Å². The van der Waals surface area contributed by atoms with Crippen LogP contribution in [0.3, 0.4) is 0 Å². The molecule has 1 aromatic rings. The zero-order chi connectivity index (χ0) is 10.7. The Balaban J connectivity index is 3.25. The number of ketones is 1. The van der Waals surface area contributed by atoms with Crippen molar-refractivity contribution in [1.82, 2.24) is 0 Å². The number of carbonyl (C=O) groups is 1. The van der Waals surface area contributed by atoms with E-state index in [2.05, 4.69) is 0 Å². The lowest BCUT2D eigenvalue weighted by Crippen LogP contribution is -1.95. The SMILES string of the molecule is CC(=O)/C(C)=C(\Cl)c1ccccc1C. The largest absolute Gasteiger partial charge is 0.295 e. The topological polar surface area (TPSA) is 17.1 Å². The van der Waals surface area contributed by atoms with Crippen molar-refractivity contribution in [2.75, 3.05) is 0 Å². The monoisotopic (exact) mass is 208 g/mol. The predicted octanol–water partition coefficient (Wildman–Crippen LogP) is 3.55. The highest BCUT2D eigenvalue weighted by molar-refractivity contribution is 6.51. The van der Waals surface area contributed by atoms with Crippen LogP contribution in [-0.4, -0.2) is 5.78 Å². The Bertz CT molecular complexity index is 391. The lowest BCUT2D eigenvalue weighted by Gasteiger charge is -2.06. The fraction of sp³-hybridized carbons (Fsp3) is 0.250. The number of hydrogen-bond donors (Lipinski definition) is 0. The molecule has 1 nitrogen and oxygen atoms in total. The summed E-state index contributed by atoms with van der Waals surface area (Å²) in [6.45, 7) is 5.25. The van der Waals surface area contributed by atoms with Gasteiger partial charge in [-0.25, -0.2) is 0 Å². The number of aryl methyl sites for hydroxylation is 1. The number of benzene rings is 1. The third kappa shape index (κ3) is 2.24. The van der Waals surface area contributed by atoms with E-state index in [0.29, 0.717) is 10.6 Å². The Kier molecular flexibility index (Phi) is 3.48. The van der Waals surface area contributed by atoms with Gasteiger partial charge in [-0.05, 0) is 31.9 Å². The van der Waals surface area contributed by atoms with E-state index in [4.69, 9.17) is 11.6 Å². The fourth-order valence-corrected chi connectivity index (χ4v) is 1.52. The number of carbonyl (C=O) groups excluding carboxylic acids is 1. The van der Waals surface area contributed by atoms with Crippen molar-refractivity contribution in [2.24, 2.45) is 0 Å². The molecule has 74 valence electrons. The number of halogens is 1. The van der Waals surface area contributed by atoms with Crippen LogP contribution in [0.1, 0.15) is 25.0 Å². The van der Waals surface area contributed by atoms with Gasteiger partial charge in [-0.3, -0.25) is 4.79 Å². The first kappa shape index (κ1) is 11.0. The van der Waals surface area contributed by atoms with Crippen molar-refractivity contribution in [3.63, 3.8) is 0 Å². The molecule has 1 aromatic carbocycles. The van der Waals surface area contributed by atoms with Crippen LogP contribution in [0.4, 0.5) is 0 Å². The molecule has 0 aliphatic heterocycles. The molecule has 0 aliphatic rings. The fourth-order valence-electron chi connectivity index (χ4n) is 1.18. The number of rotatable bonds is 2. The maximum atomic E-state index is 11.1. The Labute approximate surface area is 89.4 Å². The summed E-state index contributed by atoms with van der Waals surface area (Å²) in [5.41, 5.74) is 2.63. The lowest BCUT2D eigenvalue weighted by molar-refractivity contribution is -0.113. The van der Waals surface area contributed by atoms with Crippen molar-refractivity contribution in [1.29, 1.82) is 0 Å². The molecule has 0 amide bonds. The van der Waals surface area contributed by atoms with E-state index in [1.54, 1.807) is 6.92 Å². The maximum Gasteiger partial charge on any atom is 0.157 e. The van der Waals surface area contributed by atoms with Gasteiger partial charge in [-0.1, -0.05) is 35.9 Å². The third-order valence-electron chi connectivity index (χ3n) is 2.24. The zero-order valence-electron chi connectivity index (χ0n) is 8.60. The van der Waals surface area contributed by atoms with Crippen LogP contribution in [-0.2, 0) is 4.79 Å². The molecule has 14 heavy (non-hydrogen) atoms. The van der Waals surface area contributed by atoms with E-state index in [1.807, 2.05) is 31.2 Å². The van der Waals surface area contributed by atoms with Crippen LogP contribution in [0.2, 0.25) is 0 Å². The average molecular weight is 209 g/mol. The summed E-state index contributed by atoms with van der Waals surface area (Å²) in [6, 6.07) is 7.76. The minimum atomic E-state index is 0.0123. The summed E-state index contributed by atoms with van der Waals surface area (Å²) in [5.74, 6) is 0.0123. The average Bonchev–Trinajstić information content (AvgIpc) is 2.16. The smallest absolute Gasteiger partial charge is 0.157 e. The highest BCUT2D eigenvalue weighted by Gasteiger charge is 2.08. The second-order valence-corrected chi connectivity index (χ2v) is 3.69. The minimum Gasteiger partial charge on any atom is -0.295 e. The quantitative estimate of drug-likeness (QED) is 0.680. The molecule has 0 N–H and O–H groups in total. The molecule has 0 spiro atoms. The first-order valence-electron chi connectivity index (χ1n) is 4.47. The minimum absolute atomic E-state index is 0.0123. The summed E-state index contributed by atoms with van der Waals surface area (Å²) in [7, 11) is 0. The van der Waals surface area contributed by atoms with Crippen molar-refractivity contribution in [3.05, 3.63) is 41.0 Å². The van der Waals surface area contributed by atoms with Gasteiger partial charge in [-0.15, -0.1) is 0 Å². The van der Waals surface area contributed by atoms with E-state index in [-0.39, 0.29) is 5.78 Å². The van der Waals surface area contributed by atoms with Gasteiger partial charge in [0.05, 0.1) is 5.03 Å². The van der Waals surface area contributed by atoms with Crippen molar-refractivity contribution in [3.8, 4) is 0 Å². The van der Waals surface area contributed by atoms with Gasteiger partial charge >= 0.3 is 0 Å². The highest BCUT2D eigenvalue weighted by atomic mass is 35.5. The molecule has 0 fully saturated rings. The first-order valence-corrected chi connectivity index (χ1v) is 4.85. The second kappa shape index (κ2) is 4.43. The van der Waals surface area contributed by atoms with Crippen LogP contribution >= 0.6 is 11.6 Å². The summed E-state index contributed by atoms with van der Waals surface area (Å²) in [4.78, 5) is 11.1. The van der Waals surface area contributed by atoms with Crippen molar-refractivity contribution in [2.45, 2.75) is 20.8 Å². The van der Waals surface area contributed by atoms with Gasteiger partial charge < -0.3 is 0 Å². The molecule has 2 heteroatoms. The van der Waals surface area contributed by atoms with Crippen LogP contribution in [0, 0.1) is 6.92 Å². The van der Waals surface area contributed by atoms with Crippen LogP contribution in [0.25, 0.3) is 5.03 Å². The molecular weight excluding hydrogens is 196 g/mol. The molecular formula is C12H13ClO. The van der Waals surface area contributed by atoms with Crippen molar-refractivity contribution < 1.29 is 4.79 Å². The normalized spacial score (nSPS) is 12.3. The Morgan fingerprint density at radius 2 is 1.79 bits per heavy atom. The van der Waals surface area contributed by atoms with Gasteiger partial charge in [0.15, 0.2) is 5.78 Å². The molecule has 0 aromatic heterocycles. The second-order valence-electron chi connectivity index (χ2n) is 3.31. The standard InChI is InChI=1S/C12H13ClO/c1-8-6-4-5-7-11(8)12(13)9(2)10(3)14/h4-7H,1-3H3/b12-9-. The summed E-state index contributed by atoms with van der Waals surface area (Å²) < 4.78 is 0. The first-order chi connectivity index (χ1) is 6.54. The van der Waals surface area contributed by atoms with Gasteiger partial charge in [0.1, 0.15) is 0 Å². The lowest BCUT2D eigenvalue weighted by atomic mass is 10.0. The molecule has 1 rings (SSSR count). The molecule has 0 heterocycles. The molecule has 0 saturated heterocycles. The summed E-state index contributed by atoms with van der Waals surface area (Å²) in [5, 5.41) is 0.551. The van der Waals surface area contributed by atoms with Crippen LogP contribution in [0.15, 0.2) is 29.8 Å². The number of allylic oxidation sites excluding steroid dienone is 1. The molecule has 0 bridgehead atoms. The molecule has 0 unspecified atom stereocenters. The molecule has 0 saturated carbocycles. The summed E-state index contributed by atoms with van der Waals surface area (Å²) in [6.07, 6.45) is 0. The Morgan fingerprint density at radius 1 is 1.21 bits per heavy atom. The Morgan fingerprint density at radius 3 is 2.29 bits per heavy atom. The third-order valence-corrected chi connectivity index (χ3v) is 2.73. The van der Waals surface area contributed by atoms with Crippen LogP contribution < -0.4 is 0 Å². The van der Waals surface area contributed by atoms with E-state index in [0.717, 1.165) is 11.1 Å². The highest BCUT2D eigenvalue weighted by Crippen LogP contribution is 2.25. The molecule has 0 radical (unpaired) electrons. The van der Waals surface area contributed by atoms with Gasteiger partial charge in [0.2, 0.25) is 0 Å². The van der Waals surface area contributed by atoms with E-state index < -0.39 is 0 Å². The molecule has 0 aliphatic carbocycles. The molecule has 0 atom stereocenters. The predicted molar refractivity (Wildman–Crippen MR) is 60.3 cm³/mol. The van der Waals surface area contributed by atoms with Gasteiger partial charge in [0, 0.05) is 5.57 Å². The van der Waals surface area contributed by atoms with E-state index >= 15 is 0 Å². The maximum absolute atomic E-state index is 11.1. The Hall–Kier alpha value is -1.08. The van der Waals surface area contributed by atoms with Gasteiger partial charge in [0.25, 0.3) is 0 Å². The summed E-state index contributed by atoms with van der Waals surface area (Å²) >= 11 is 6.12. The zero-order valence-corrected chi connectivity index (χ0v) is 9.35. The van der Waals surface area contributed by atoms with E-state index in [9.17, 15) is 4.79 Å².